The van der Waals surface area contributed by atoms with Crippen LogP contribution >= 0.6 is 0 Å². The van der Waals surface area contributed by atoms with Crippen LogP contribution in [0.4, 0.5) is 0 Å². The molecule has 0 amide bonds. The molecule has 0 aliphatic rings. The molecule has 0 aromatic carbocycles. The van der Waals surface area contributed by atoms with E-state index < -0.39 is 5.60 Å². The summed E-state index contributed by atoms with van der Waals surface area (Å²) in [4.78, 5) is 11.5. The fourth-order valence-electron chi connectivity index (χ4n) is 2.40. The van der Waals surface area contributed by atoms with Crippen molar-refractivity contribution in [1.82, 2.24) is 0 Å². The van der Waals surface area contributed by atoms with E-state index in [0.29, 0.717) is 19.3 Å². The summed E-state index contributed by atoms with van der Waals surface area (Å²) in [6, 6.07) is 0. The van der Waals surface area contributed by atoms with Gasteiger partial charge in [-0.3, -0.25) is 4.79 Å². The van der Waals surface area contributed by atoms with E-state index in [-0.39, 0.29) is 19.2 Å². The van der Waals surface area contributed by atoms with Crippen molar-refractivity contribution in [2.24, 2.45) is 0 Å². The summed E-state index contributed by atoms with van der Waals surface area (Å²) in [7, 11) is 0. The number of esters is 1. The second-order valence-electron chi connectivity index (χ2n) is 6.52. The van der Waals surface area contributed by atoms with Gasteiger partial charge in [0.05, 0.1) is 12.2 Å². The Labute approximate surface area is 136 Å². The molecule has 0 spiro atoms. The minimum absolute atomic E-state index is 0.0562. The minimum Gasteiger partial charge on any atom is -0.466 e. The lowest BCUT2D eigenvalue weighted by molar-refractivity contribution is -0.145. The van der Waals surface area contributed by atoms with Crippen LogP contribution in [-0.4, -0.2) is 35.0 Å². The van der Waals surface area contributed by atoms with Gasteiger partial charge < -0.3 is 14.9 Å². The molecule has 0 aliphatic heterocycles. The Morgan fingerprint density at radius 2 is 1.50 bits per heavy atom. The van der Waals surface area contributed by atoms with E-state index in [9.17, 15) is 9.90 Å². The summed E-state index contributed by atoms with van der Waals surface area (Å²) in [6.45, 7) is 4.05. The maximum atomic E-state index is 11.5. The molecule has 0 fully saturated rings. The van der Waals surface area contributed by atoms with Crippen LogP contribution in [0.1, 0.15) is 90.9 Å². The molecule has 0 aromatic rings. The number of hydrogen-bond donors (Lipinski definition) is 2. The van der Waals surface area contributed by atoms with Crippen molar-refractivity contribution in [2.75, 3.05) is 13.2 Å². The molecule has 0 aromatic heterocycles. The topological polar surface area (TPSA) is 66.8 Å². The summed E-state index contributed by atoms with van der Waals surface area (Å²) in [6.07, 6.45) is 12.2. The minimum atomic E-state index is -0.952. The van der Waals surface area contributed by atoms with E-state index in [0.717, 1.165) is 12.8 Å². The molecule has 0 heterocycles. The first kappa shape index (κ1) is 21.4. The van der Waals surface area contributed by atoms with Gasteiger partial charge in [0.1, 0.15) is 0 Å². The molecule has 22 heavy (non-hydrogen) atoms. The first-order valence-corrected chi connectivity index (χ1v) is 9.00. The molecule has 0 radical (unpaired) electrons. The van der Waals surface area contributed by atoms with E-state index in [1.165, 1.54) is 44.9 Å². The van der Waals surface area contributed by atoms with Gasteiger partial charge in [0.2, 0.25) is 0 Å². The molecule has 0 rings (SSSR count). The van der Waals surface area contributed by atoms with Crippen molar-refractivity contribution >= 4 is 5.97 Å². The molecule has 132 valence electrons. The van der Waals surface area contributed by atoms with Crippen LogP contribution in [0.25, 0.3) is 0 Å². The molecule has 0 saturated heterocycles. The van der Waals surface area contributed by atoms with Gasteiger partial charge in [0.25, 0.3) is 0 Å². The van der Waals surface area contributed by atoms with Crippen LogP contribution in [-0.2, 0) is 9.53 Å². The fraction of sp³-hybridized carbons (Fsp3) is 0.944. The summed E-state index contributed by atoms with van der Waals surface area (Å²) in [5.74, 6) is -0.178. The summed E-state index contributed by atoms with van der Waals surface area (Å²) < 4.78 is 5.12. The van der Waals surface area contributed by atoms with Gasteiger partial charge in [0, 0.05) is 19.4 Å². The highest BCUT2D eigenvalue weighted by Gasteiger charge is 2.19. The quantitative estimate of drug-likeness (QED) is 0.354. The first-order chi connectivity index (χ1) is 10.5. The Morgan fingerprint density at radius 3 is 2.05 bits per heavy atom. The molecule has 4 heteroatoms. The maximum absolute atomic E-state index is 11.5. The smallest absolute Gasteiger partial charge is 0.305 e. The predicted molar refractivity (Wildman–Crippen MR) is 89.7 cm³/mol. The Morgan fingerprint density at radius 1 is 0.955 bits per heavy atom. The molecule has 0 aliphatic carbocycles. The third kappa shape index (κ3) is 14.3. The van der Waals surface area contributed by atoms with Crippen molar-refractivity contribution < 1.29 is 19.7 Å². The van der Waals surface area contributed by atoms with Crippen LogP contribution in [0.3, 0.4) is 0 Å². The number of hydrogen-bond acceptors (Lipinski definition) is 4. The zero-order valence-corrected chi connectivity index (χ0v) is 14.6. The summed E-state index contributed by atoms with van der Waals surface area (Å²) in [5.41, 5.74) is -0.952. The van der Waals surface area contributed by atoms with Gasteiger partial charge in [-0.05, 0) is 19.8 Å². The zero-order valence-electron chi connectivity index (χ0n) is 14.6. The Kier molecular flexibility index (Phi) is 13.6. The maximum Gasteiger partial charge on any atom is 0.305 e. The van der Waals surface area contributed by atoms with E-state index in [4.69, 9.17) is 9.84 Å². The van der Waals surface area contributed by atoms with Crippen molar-refractivity contribution in [2.45, 2.75) is 96.5 Å². The molecule has 1 atom stereocenters. The number of ether oxygens (including phenoxy) is 1. The SMILES string of the molecule is CCCCCCCCCCCC(=O)OCCC(C)(O)CCO. The van der Waals surface area contributed by atoms with Crippen molar-refractivity contribution in [1.29, 1.82) is 0 Å². The van der Waals surface area contributed by atoms with Gasteiger partial charge in [0.15, 0.2) is 0 Å². The van der Waals surface area contributed by atoms with Crippen LogP contribution in [0.5, 0.6) is 0 Å². The molecule has 1 unspecified atom stereocenters. The van der Waals surface area contributed by atoms with Gasteiger partial charge in [-0.25, -0.2) is 0 Å². The van der Waals surface area contributed by atoms with Gasteiger partial charge in [-0.15, -0.1) is 0 Å². The van der Waals surface area contributed by atoms with E-state index >= 15 is 0 Å². The molecule has 4 nitrogen and oxygen atoms in total. The Hall–Kier alpha value is -0.610. The summed E-state index contributed by atoms with van der Waals surface area (Å²) in [5, 5.41) is 18.6. The van der Waals surface area contributed by atoms with E-state index in [2.05, 4.69) is 6.92 Å². The average molecular weight is 316 g/mol. The lowest BCUT2D eigenvalue weighted by Gasteiger charge is -2.21. The number of carbonyl (C=O) groups is 1. The molecule has 0 saturated carbocycles. The highest BCUT2D eigenvalue weighted by Crippen LogP contribution is 2.14. The predicted octanol–water partition coefficient (Wildman–Crippen LogP) is 3.97. The highest BCUT2D eigenvalue weighted by atomic mass is 16.5. The van der Waals surface area contributed by atoms with Crippen LogP contribution < -0.4 is 0 Å². The number of rotatable bonds is 15. The lowest BCUT2D eigenvalue weighted by atomic mass is 9.99. The standard InChI is InChI=1S/C18H36O4/c1-3-4-5-6-7-8-9-10-11-12-17(20)22-16-14-18(2,21)13-15-19/h19,21H,3-16H2,1-2H3. The zero-order chi connectivity index (χ0) is 16.7. The third-order valence-corrected chi connectivity index (χ3v) is 4.04. The van der Waals surface area contributed by atoms with E-state index in [1.54, 1.807) is 6.92 Å². The monoisotopic (exact) mass is 316 g/mol. The van der Waals surface area contributed by atoms with Crippen LogP contribution in [0.2, 0.25) is 0 Å². The molecular formula is C18H36O4. The van der Waals surface area contributed by atoms with Gasteiger partial charge in [-0.2, -0.15) is 0 Å². The molecule has 0 bridgehead atoms. The number of carbonyl (C=O) groups excluding carboxylic acids is 1. The van der Waals surface area contributed by atoms with E-state index in [1.807, 2.05) is 0 Å². The van der Waals surface area contributed by atoms with Crippen molar-refractivity contribution in [3.05, 3.63) is 0 Å². The second kappa shape index (κ2) is 14.0. The summed E-state index contributed by atoms with van der Waals surface area (Å²) >= 11 is 0. The van der Waals surface area contributed by atoms with Crippen molar-refractivity contribution in [3.8, 4) is 0 Å². The molecule has 2 N–H and O–H groups in total. The van der Waals surface area contributed by atoms with Crippen LogP contribution in [0, 0.1) is 0 Å². The van der Waals surface area contributed by atoms with Crippen molar-refractivity contribution in [3.63, 3.8) is 0 Å². The second-order valence-corrected chi connectivity index (χ2v) is 6.52. The normalized spacial score (nSPS) is 13.8. The first-order valence-electron chi connectivity index (χ1n) is 9.00. The van der Waals surface area contributed by atoms with Gasteiger partial charge >= 0.3 is 5.97 Å². The Bertz CT molecular complexity index is 264. The largest absolute Gasteiger partial charge is 0.466 e. The fourth-order valence-corrected chi connectivity index (χ4v) is 2.40. The van der Waals surface area contributed by atoms with Gasteiger partial charge in [-0.1, -0.05) is 58.3 Å². The van der Waals surface area contributed by atoms with Crippen LogP contribution in [0.15, 0.2) is 0 Å². The lowest BCUT2D eigenvalue weighted by Crippen LogP contribution is -2.27. The Balaban J connectivity index is 3.36. The highest BCUT2D eigenvalue weighted by molar-refractivity contribution is 5.69. The number of aliphatic hydroxyl groups is 2. The number of unbranched alkanes of at least 4 members (excludes halogenated alkanes) is 8. The number of aliphatic hydroxyl groups excluding tert-OH is 1. The average Bonchev–Trinajstić information content (AvgIpc) is 2.45. The molecular weight excluding hydrogens is 280 g/mol. The third-order valence-electron chi connectivity index (χ3n) is 4.04.